The molecule has 1 unspecified atom stereocenters. The summed E-state index contributed by atoms with van der Waals surface area (Å²) in [5.41, 5.74) is 2.28. The molecule has 0 fully saturated rings. The topological polar surface area (TPSA) is 59.8 Å². The summed E-state index contributed by atoms with van der Waals surface area (Å²) in [6.07, 6.45) is 1.80. The Balaban J connectivity index is 1.56. The van der Waals surface area contributed by atoms with E-state index in [0.717, 1.165) is 35.8 Å². The van der Waals surface area contributed by atoms with Crippen LogP contribution < -0.4 is 9.47 Å². The minimum absolute atomic E-state index is 0.106. The van der Waals surface area contributed by atoms with E-state index in [1.165, 1.54) is 0 Å². The highest BCUT2D eigenvalue weighted by atomic mass is 16.7. The van der Waals surface area contributed by atoms with Gasteiger partial charge < -0.3 is 14.4 Å². The summed E-state index contributed by atoms with van der Waals surface area (Å²) in [7, 11) is 3.61. The Hall–Kier alpha value is -2.54. The number of fused-ring (bicyclic) bond motifs is 2. The van der Waals surface area contributed by atoms with Crippen molar-refractivity contribution < 1.29 is 14.3 Å². The van der Waals surface area contributed by atoms with Crippen molar-refractivity contribution in [3.8, 4) is 11.5 Å². The van der Waals surface area contributed by atoms with Gasteiger partial charge in [-0.2, -0.15) is 5.10 Å². The van der Waals surface area contributed by atoms with E-state index in [2.05, 4.69) is 16.1 Å². The van der Waals surface area contributed by atoms with Crippen molar-refractivity contribution in [1.29, 1.82) is 0 Å². The number of carbonyl (C=O) groups is 1. The molecule has 2 aromatic rings. The molecular weight excluding hydrogens is 320 g/mol. The predicted octanol–water partition coefficient (Wildman–Crippen LogP) is 1.33. The van der Waals surface area contributed by atoms with E-state index >= 15 is 0 Å². The van der Waals surface area contributed by atoms with Gasteiger partial charge in [0, 0.05) is 39.9 Å². The molecule has 0 saturated carbocycles. The largest absolute Gasteiger partial charge is 0.454 e. The van der Waals surface area contributed by atoms with Crippen LogP contribution >= 0.6 is 0 Å². The van der Waals surface area contributed by atoms with E-state index in [4.69, 9.17) is 9.47 Å². The van der Waals surface area contributed by atoms with E-state index in [-0.39, 0.29) is 18.6 Å². The molecule has 4 rings (SSSR count). The van der Waals surface area contributed by atoms with Crippen LogP contribution in [0.15, 0.2) is 30.5 Å². The SMILES string of the molecule is CN(C)C(=O)C1CN(Cc2ccc3c(c2)OCO3)Cc2ccnn2C1. The Morgan fingerprint density at radius 1 is 1.24 bits per heavy atom. The van der Waals surface area contributed by atoms with Crippen LogP contribution in [0, 0.1) is 5.92 Å². The second kappa shape index (κ2) is 6.40. The van der Waals surface area contributed by atoms with Gasteiger partial charge in [0.15, 0.2) is 11.5 Å². The standard InChI is InChI=1S/C18H22N4O3/c1-20(2)18(23)14-9-21(11-15-5-6-19-22(15)10-14)8-13-3-4-16-17(7-13)25-12-24-16/h3-7,14H,8-12H2,1-2H3. The number of carbonyl (C=O) groups excluding carboxylic acids is 1. The van der Waals surface area contributed by atoms with Crippen LogP contribution in [-0.2, 0) is 24.4 Å². The molecule has 0 spiro atoms. The first-order chi connectivity index (χ1) is 12.1. The maximum absolute atomic E-state index is 12.6. The Bertz CT molecular complexity index is 786. The molecule has 1 atom stereocenters. The molecular formula is C18H22N4O3. The summed E-state index contributed by atoms with van der Waals surface area (Å²) >= 11 is 0. The van der Waals surface area contributed by atoms with Crippen LogP contribution in [0.2, 0.25) is 0 Å². The first-order valence-electron chi connectivity index (χ1n) is 8.43. The van der Waals surface area contributed by atoms with Crippen LogP contribution in [0.25, 0.3) is 0 Å². The fourth-order valence-corrected chi connectivity index (χ4v) is 3.47. The Kier molecular flexibility index (Phi) is 4.09. The summed E-state index contributed by atoms with van der Waals surface area (Å²) in [4.78, 5) is 16.5. The quantitative estimate of drug-likeness (QED) is 0.842. The minimum atomic E-state index is -0.106. The average Bonchev–Trinajstić information content (AvgIpc) is 3.19. The highest BCUT2D eigenvalue weighted by Crippen LogP contribution is 2.33. The fourth-order valence-electron chi connectivity index (χ4n) is 3.47. The summed E-state index contributed by atoms with van der Waals surface area (Å²) in [5, 5.41) is 4.38. The molecule has 7 heteroatoms. The van der Waals surface area contributed by atoms with E-state index in [1.54, 1.807) is 25.2 Å². The van der Waals surface area contributed by atoms with E-state index in [9.17, 15) is 4.79 Å². The third-order valence-electron chi connectivity index (χ3n) is 4.70. The number of rotatable bonds is 3. The zero-order chi connectivity index (χ0) is 17.4. The molecule has 0 N–H and O–H groups in total. The second-order valence-electron chi connectivity index (χ2n) is 6.79. The Morgan fingerprint density at radius 3 is 2.92 bits per heavy atom. The van der Waals surface area contributed by atoms with E-state index < -0.39 is 0 Å². The molecule has 25 heavy (non-hydrogen) atoms. The molecule has 2 aliphatic rings. The van der Waals surface area contributed by atoms with Crippen LogP contribution in [-0.4, -0.2) is 52.9 Å². The molecule has 1 aromatic carbocycles. The van der Waals surface area contributed by atoms with Crippen molar-refractivity contribution in [2.75, 3.05) is 27.4 Å². The van der Waals surface area contributed by atoms with Crippen LogP contribution in [0.3, 0.4) is 0 Å². The van der Waals surface area contributed by atoms with Gasteiger partial charge in [-0.05, 0) is 23.8 Å². The monoisotopic (exact) mass is 342 g/mol. The Morgan fingerprint density at radius 2 is 2.08 bits per heavy atom. The van der Waals surface area contributed by atoms with Gasteiger partial charge in [-0.3, -0.25) is 14.4 Å². The lowest BCUT2D eigenvalue weighted by Crippen LogP contribution is -2.38. The van der Waals surface area contributed by atoms with Gasteiger partial charge in [0.1, 0.15) is 0 Å². The van der Waals surface area contributed by atoms with Crippen LogP contribution in [0.5, 0.6) is 11.5 Å². The molecule has 1 aromatic heterocycles. The molecule has 0 aliphatic carbocycles. The number of ether oxygens (including phenoxy) is 2. The van der Waals surface area contributed by atoms with Crippen molar-refractivity contribution in [2.24, 2.45) is 5.92 Å². The van der Waals surface area contributed by atoms with Crippen molar-refractivity contribution in [1.82, 2.24) is 19.6 Å². The molecule has 7 nitrogen and oxygen atoms in total. The van der Waals surface area contributed by atoms with Crippen molar-refractivity contribution >= 4 is 5.91 Å². The van der Waals surface area contributed by atoms with Crippen molar-refractivity contribution in [2.45, 2.75) is 19.6 Å². The minimum Gasteiger partial charge on any atom is -0.454 e. The van der Waals surface area contributed by atoms with Gasteiger partial charge in [-0.1, -0.05) is 6.07 Å². The maximum atomic E-state index is 12.6. The van der Waals surface area contributed by atoms with Gasteiger partial charge in [0.2, 0.25) is 12.7 Å². The van der Waals surface area contributed by atoms with Gasteiger partial charge in [-0.25, -0.2) is 0 Å². The third kappa shape index (κ3) is 3.19. The second-order valence-corrected chi connectivity index (χ2v) is 6.79. The number of amides is 1. The lowest BCUT2D eigenvalue weighted by Gasteiger charge is -2.25. The van der Waals surface area contributed by atoms with Crippen LogP contribution in [0.1, 0.15) is 11.3 Å². The van der Waals surface area contributed by atoms with Crippen molar-refractivity contribution in [3.63, 3.8) is 0 Å². The van der Waals surface area contributed by atoms with Gasteiger partial charge in [0.05, 0.1) is 18.2 Å². The fraction of sp³-hybridized carbons (Fsp3) is 0.444. The smallest absolute Gasteiger partial charge is 0.231 e. The van der Waals surface area contributed by atoms with E-state index in [1.807, 2.05) is 22.9 Å². The number of benzene rings is 1. The van der Waals surface area contributed by atoms with Crippen molar-refractivity contribution in [3.05, 3.63) is 41.7 Å². The molecule has 2 aliphatic heterocycles. The van der Waals surface area contributed by atoms with Gasteiger partial charge in [0.25, 0.3) is 0 Å². The van der Waals surface area contributed by atoms with Gasteiger partial charge >= 0.3 is 0 Å². The average molecular weight is 342 g/mol. The Labute approximate surface area is 146 Å². The highest BCUT2D eigenvalue weighted by molar-refractivity contribution is 5.78. The predicted molar refractivity (Wildman–Crippen MR) is 91.1 cm³/mol. The first-order valence-corrected chi connectivity index (χ1v) is 8.43. The molecule has 3 heterocycles. The molecule has 0 radical (unpaired) electrons. The molecule has 0 bridgehead atoms. The number of hydrogen-bond acceptors (Lipinski definition) is 5. The molecule has 0 saturated heterocycles. The third-order valence-corrected chi connectivity index (χ3v) is 4.70. The summed E-state index contributed by atoms with van der Waals surface area (Å²) in [5.74, 6) is 1.61. The lowest BCUT2D eigenvalue weighted by molar-refractivity contribution is -0.134. The summed E-state index contributed by atoms with van der Waals surface area (Å²) in [6.45, 7) is 3.12. The number of nitrogens with zero attached hydrogens (tertiary/aromatic N) is 4. The lowest BCUT2D eigenvalue weighted by atomic mass is 10.1. The zero-order valence-electron chi connectivity index (χ0n) is 14.5. The molecule has 1 amide bonds. The molecule has 132 valence electrons. The number of aromatic nitrogens is 2. The normalized spacial score (nSPS) is 19.4. The van der Waals surface area contributed by atoms with Gasteiger partial charge in [-0.15, -0.1) is 0 Å². The van der Waals surface area contributed by atoms with Crippen LogP contribution in [0.4, 0.5) is 0 Å². The summed E-state index contributed by atoms with van der Waals surface area (Å²) < 4.78 is 12.8. The number of hydrogen-bond donors (Lipinski definition) is 0. The first kappa shape index (κ1) is 16.0. The summed E-state index contributed by atoms with van der Waals surface area (Å²) in [6, 6.07) is 8.04. The van der Waals surface area contributed by atoms with E-state index in [0.29, 0.717) is 13.1 Å². The zero-order valence-corrected chi connectivity index (χ0v) is 14.5. The maximum Gasteiger partial charge on any atom is 0.231 e. The highest BCUT2D eigenvalue weighted by Gasteiger charge is 2.28.